The molecule has 2 amide bonds. The van der Waals surface area contributed by atoms with E-state index < -0.39 is 0 Å². The molecule has 1 aromatic heterocycles. The number of likely N-dealkylation sites (tertiary alicyclic amines) is 1. The van der Waals surface area contributed by atoms with E-state index in [1.54, 1.807) is 29.4 Å². The highest BCUT2D eigenvalue weighted by atomic mass is 16.2. The van der Waals surface area contributed by atoms with Crippen molar-refractivity contribution in [1.29, 1.82) is 0 Å². The van der Waals surface area contributed by atoms with Crippen LogP contribution in [0, 0.1) is 5.92 Å². The van der Waals surface area contributed by atoms with Gasteiger partial charge in [0.2, 0.25) is 5.91 Å². The number of rotatable bonds is 3. The highest BCUT2D eigenvalue weighted by Gasteiger charge is 2.30. The summed E-state index contributed by atoms with van der Waals surface area (Å²) in [7, 11) is 0. The second-order valence-electron chi connectivity index (χ2n) is 6.95. The Morgan fingerprint density at radius 2 is 1.83 bits per heavy atom. The first-order valence-corrected chi connectivity index (χ1v) is 8.88. The summed E-state index contributed by atoms with van der Waals surface area (Å²) in [5.74, 6) is -0.0404. The average Bonchev–Trinajstić information content (AvgIpc) is 2.64. The third kappa shape index (κ3) is 4.12. The van der Waals surface area contributed by atoms with Crippen molar-refractivity contribution >= 4 is 11.8 Å². The van der Waals surface area contributed by atoms with Gasteiger partial charge in [0.25, 0.3) is 5.91 Å². The Kier molecular flexibility index (Phi) is 5.45. The first kappa shape index (κ1) is 16.9. The van der Waals surface area contributed by atoms with E-state index >= 15 is 0 Å². The first-order chi connectivity index (χ1) is 11.6. The minimum absolute atomic E-state index is 0.0152. The molecule has 0 aromatic carbocycles. The lowest BCUT2D eigenvalue weighted by Gasteiger charge is -2.34. The van der Waals surface area contributed by atoms with E-state index in [0.29, 0.717) is 18.7 Å². The lowest BCUT2D eigenvalue weighted by molar-refractivity contribution is -0.127. The fourth-order valence-electron chi connectivity index (χ4n) is 3.64. The fourth-order valence-corrected chi connectivity index (χ4v) is 3.64. The molecule has 3 rings (SSSR count). The number of nitrogens with one attached hydrogen (secondary N) is 1. The number of hydrogen-bond donors (Lipinski definition) is 2. The molecule has 0 spiro atoms. The normalized spacial score (nSPS) is 27.5. The molecule has 1 atom stereocenters. The molecule has 1 aromatic rings. The predicted octanol–water partition coefficient (Wildman–Crippen LogP) is 1.32. The SMILES string of the molecule is NC1CCC(NC(=O)C2CCCN(C(=O)c3ccncc3)C2)CC1. The number of amides is 2. The molecule has 0 radical (unpaired) electrons. The number of aromatic nitrogens is 1. The Morgan fingerprint density at radius 3 is 2.54 bits per heavy atom. The molecule has 6 heteroatoms. The maximum Gasteiger partial charge on any atom is 0.253 e. The van der Waals surface area contributed by atoms with E-state index in [-0.39, 0.29) is 29.8 Å². The molecule has 130 valence electrons. The largest absolute Gasteiger partial charge is 0.353 e. The summed E-state index contributed by atoms with van der Waals surface area (Å²) in [6.45, 7) is 1.21. The standard InChI is InChI=1S/C18H26N4O2/c19-15-3-5-16(6-4-15)21-17(23)14-2-1-11-22(12-14)18(24)13-7-9-20-10-8-13/h7-10,14-16H,1-6,11-12,19H2,(H,21,23). The molecular formula is C18H26N4O2. The molecule has 2 aliphatic rings. The smallest absolute Gasteiger partial charge is 0.253 e. The van der Waals surface area contributed by atoms with Crippen LogP contribution in [0.2, 0.25) is 0 Å². The van der Waals surface area contributed by atoms with Crippen molar-refractivity contribution in [1.82, 2.24) is 15.2 Å². The lowest BCUT2D eigenvalue weighted by atomic mass is 9.90. The molecule has 2 heterocycles. The molecule has 6 nitrogen and oxygen atoms in total. The lowest BCUT2D eigenvalue weighted by Crippen LogP contribution is -2.48. The van der Waals surface area contributed by atoms with Gasteiger partial charge < -0.3 is 16.0 Å². The van der Waals surface area contributed by atoms with Gasteiger partial charge >= 0.3 is 0 Å². The summed E-state index contributed by atoms with van der Waals surface area (Å²) in [6, 6.07) is 3.96. The number of carbonyl (C=O) groups excluding carboxylic acids is 2. The third-order valence-corrected chi connectivity index (χ3v) is 5.12. The van der Waals surface area contributed by atoms with Crippen LogP contribution in [0.25, 0.3) is 0 Å². The maximum atomic E-state index is 12.6. The van der Waals surface area contributed by atoms with E-state index in [1.807, 2.05) is 0 Å². The second kappa shape index (κ2) is 7.75. The number of piperidine rings is 1. The van der Waals surface area contributed by atoms with Gasteiger partial charge in [0.15, 0.2) is 0 Å². The number of carbonyl (C=O) groups is 2. The summed E-state index contributed by atoms with van der Waals surface area (Å²) in [4.78, 5) is 30.8. The van der Waals surface area contributed by atoms with Crippen molar-refractivity contribution in [3.8, 4) is 0 Å². The van der Waals surface area contributed by atoms with Crippen molar-refractivity contribution in [3.05, 3.63) is 30.1 Å². The third-order valence-electron chi connectivity index (χ3n) is 5.12. The topological polar surface area (TPSA) is 88.3 Å². The molecule has 0 bridgehead atoms. The highest BCUT2D eigenvalue weighted by Crippen LogP contribution is 2.21. The van der Waals surface area contributed by atoms with Crippen LogP contribution in [0.5, 0.6) is 0 Å². The molecule has 24 heavy (non-hydrogen) atoms. The summed E-state index contributed by atoms with van der Waals surface area (Å²) >= 11 is 0. The van der Waals surface area contributed by atoms with Crippen LogP contribution >= 0.6 is 0 Å². The minimum atomic E-state index is -0.111. The number of nitrogens with two attached hydrogens (primary N) is 1. The highest BCUT2D eigenvalue weighted by molar-refractivity contribution is 5.94. The van der Waals surface area contributed by atoms with Gasteiger partial charge in [-0.15, -0.1) is 0 Å². The first-order valence-electron chi connectivity index (χ1n) is 8.88. The van der Waals surface area contributed by atoms with Crippen LogP contribution in [0.4, 0.5) is 0 Å². The summed E-state index contributed by atoms with van der Waals surface area (Å²) in [5, 5.41) is 3.17. The van der Waals surface area contributed by atoms with Gasteiger partial charge in [-0.1, -0.05) is 0 Å². The molecule has 1 unspecified atom stereocenters. The van der Waals surface area contributed by atoms with Gasteiger partial charge in [0.1, 0.15) is 0 Å². The van der Waals surface area contributed by atoms with E-state index in [4.69, 9.17) is 5.73 Å². The molecular weight excluding hydrogens is 304 g/mol. The summed E-state index contributed by atoms with van der Waals surface area (Å²) < 4.78 is 0. The summed E-state index contributed by atoms with van der Waals surface area (Å²) in [5.41, 5.74) is 6.55. The minimum Gasteiger partial charge on any atom is -0.353 e. The quantitative estimate of drug-likeness (QED) is 0.875. The number of hydrogen-bond acceptors (Lipinski definition) is 4. The molecule has 1 aliphatic carbocycles. The second-order valence-corrected chi connectivity index (χ2v) is 6.95. The number of nitrogens with zero attached hydrogens (tertiary/aromatic N) is 2. The molecule has 1 saturated heterocycles. The molecule has 1 saturated carbocycles. The molecule has 1 aliphatic heterocycles. The van der Waals surface area contributed by atoms with Gasteiger partial charge in [-0.2, -0.15) is 0 Å². The van der Waals surface area contributed by atoms with Crippen molar-refractivity contribution < 1.29 is 9.59 Å². The van der Waals surface area contributed by atoms with Crippen molar-refractivity contribution in [2.75, 3.05) is 13.1 Å². The monoisotopic (exact) mass is 330 g/mol. The van der Waals surface area contributed by atoms with E-state index in [1.165, 1.54) is 0 Å². The molecule has 2 fully saturated rings. The zero-order valence-corrected chi connectivity index (χ0v) is 14.0. The van der Waals surface area contributed by atoms with E-state index in [2.05, 4.69) is 10.3 Å². The Balaban J connectivity index is 1.55. The predicted molar refractivity (Wildman–Crippen MR) is 91.2 cm³/mol. The summed E-state index contributed by atoms with van der Waals surface area (Å²) in [6.07, 6.45) is 8.82. The van der Waals surface area contributed by atoms with Gasteiger partial charge in [-0.05, 0) is 50.7 Å². The van der Waals surface area contributed by atoms with Gasteiger partial charge in [0.05, 0.1) is 5.92 Å². The number of pyridine rings is 1. The fraction of sp³-hybridized carbons (Fsp3) is 0.611. The van der Waals surface area contributed by atoms with Crippen LogP contribution in [-0.4, -0.2) is 46.9 Å². The van der Waals surface area contributed by atoms with Gasteiger partial charge in [-0.3, -0.25) is 14.6 Å². The van der Waals surface area contributed by atoms with Gasteiger partial charge in [-0.25, -0.2) is 0 Å². The Hall–Kier alpha value is -1.95. The van der Waals surface area contributed by atoms with Crippen molar-refractivity contribution in [3.63, 3.8) is 0 Å². The Labute approximate surface area is 142 Å². The maximum absolute atomic E-state index is 12.6. The van der Waals surface area contributed by atoms with Crippen molar-refractivity contribution in [2.45, 2.75) is 50.6 Å². The zero-order chi connectivity index (χ0) is 16.9. The zero-order valence-electron chi connectivity index (χ0n) is 14.0. The van der Waals surface area contributed by atoms with Crippen molar-refractivity contribution in [2.24, 2.45) is 11.7 Å². The van der Waals surface area contributed by atoms with Crippen LogP contribution in [-0.2, 0) is 4.79 Å². The van der Waals surface area contributed by atoms with E-state index in [9.17, 15) is 9.59 Å². The van der Waals surface area contributed by atoms with Crippen LogP contribution in [0.15, 0.2) is 24.5 Å². The van der Waals surface area contributed by atoms with Crippen LogP contribution in [0.1, 0.15) is 48.9 Å². The Morgan fingerprint density at radius 1 is 1.12 bits per heavy atom. The van der Waals surface area contributed by atoms with E-state index in [0.717, 1.165) is 38.5 Å². The average molecular weight is 330 g/mol. The van der Waals surface area contributed by atoms with Crippen LogP contribution < -0.4 is 11.1 Å². The van der Waals surface area contributed by atoms with Gasteiger partial charge in [0, 0.05) is 43.1 Å². The Bertz CT molecular complexity index is 570. The molecule has 3 N–H and O–H groups in total. The van der Waals surface area contributed by atoms with Crippen LogP contribution in [0.3, 0.4) is 0 Å².